The molecule has 0 aliphatic carbocycles. The van der Waals surface area contributed by atoms with E-state index in [0.29, 0.717) is 13.2 Å². The largest absolute Gasteiger partial charge is 0.471 e. The van der Waals surface area contributed by atoms with E-state index in [1.807, 2.05) is 0 Å². The third-order valence-corrected chi connectivity index (χ3v) is 5.59. The number of alkyl halides is 3. The number of thiol groups is 1. The van der Waals surface area contributed by atoms with Crippen molar-refractivity contribution in [1.29, 1.82) is 0 Å². The first-order valence-corrected chi connectivity index (χ1v) is 9.02. The Hall–Kier alpha value is -2.25. The van der Waals surface area contributed by atoms with Gasteiger partial charge in [0.25, 0.3) is 0 Å². The number of halogens is 3. The summed E-state index contributed by atoms with van der Waals surface area (Å²) in [4.78, 5) is 22.7. The molecule has 0 atom stereocenters. The highest BCUT2D eigenvalue weighted by Gasteiger charge is 2.38. The summed E-state index contributed by atoms with van der Waals surface area (Å²) in [5.41, 5.74) is 0.0374. The second-order valence-corrected chi connectivity index (χ2v) is 7.91. The summed E-state index contributed by atoms with van der Waals surface area (Å²) in [6.07, 6.45) is -2.61. The van der Waals surface area contributed by atoms with Gasteiger partial charge < -0.3 is 13.8 Å². The summed E-state index contributed by atoms with van der Waals surface area (Å²) in [6, 6.07) is 0. The molecule has 25 heavy (non-hydrogen) atoms. The Morgan fingerprint density at radius 3 is 2.44 bits per heavy atom. The van der Waals surface area contributed by atoms with Crippen molar-refractivity contribution in [2.45, 2.75) is 6.18 Å². The Morgan fingerprint density at radius 2 is 1.88 bits per heavy atom. The highest BCUT2D eigenvalue weighted by atomic mass is 32.3. The molecule has 2 aromatic heterocycles. The van der Waals surface area contributed by atoms with Crippen LogP contribution in [0, 0.1) is 0 Å². The van der Waals surface area contributed by atoms with Crippen LogP contribution in [0.4, 0.5) is 13.2 Å². The molecule has 2 aromatic rings. The lowest BCUT2D eigenvalue weighted by Gasteiger charge is -2.27. The van der Waals surface area contributed by atoms with Crippen LogP contribution in [0.2, 0.25) is 0 Å². The van der Waals surface area contributed by atoms with Gasteiger partial charge in [0.05, 0.1) is 18.8 Å². The maximum Gasteiger partial charge on any atom is 0.471 e. The van der Waals surface area contributed by atoms with E-state index in [9.17, 15) is 22.5 Å². The molecule has 1 saturated heterocycles. The van der Waals surface area contributed by atoms with Crippen molar-refractivity contribution in [2.75, 3.05) is 24.7 Å². The van der Waals surface area contributed by atoms with Crippen molar-refractivity contribution in [2.24, 2.45) is 4.36 Å². The van der Waals surface area contributed by atoms with E-state index >= 15 is 0 Å². The van der Waals surface area contributed by atoms with Crippen LogP contribution in [0.5, 0.6) is 0 Å². The molecular weight excluding hydrogens is 367 g/mol. The van der Waals surface area contributed by atoms with Gasteiger partial charge in [-0.1, -0.05) is 15.3 Å². The molecule has 0 saturated carbocycles. The minimum Gasteiger partial charge on any atom is -0.380 e. The summed E-state index contributed by atoms with van der Waals surface area (Å²) in [5.74, 6) is -2.39. The number of aromatic nitrogens is 4. The van der Waals surface area contributed by atoms with Gasteiger partial charge in [-0.3, -0.25) is 4.79 Å². The average Bonchev–Trinajstić information content (AvgIpc) is 3.05. The van der Waals surface area contributed by atoms with Gasteiger partial charge in [0.2, 0.25) is 11.6 Å². The maximum atomic E-state index is 12.4. The highest BCUT2D eigenvalue weighted by molar-refractivity contribution is 8.00. The van der Waals surface area contributed by atoms with Gasteiger partial charge in [-0.05, 0) is 0 Å². The molecule has 0 unspecified atom stereocenters. The number of ether oxygens (including phenoxy) is 1. The van der Waals surface area contributed by atoms with Crippen LogP contribution in [0.3, 0.4) is 0 Å². The number of hydrogen-bond acceptors (Lipinski definition) is 7. The molecule has 13 heteroatoms. The smallest absolute Gasteiger partial charge is 0.380 e. The Labute approximate surface area is 139 Å². The number of carbonyl (C=O) groups is 1. The standard InChI is InChI=1S/C12H12F3N5O4S/c13-12(14,15)11-18-8(19-24-11)7-5-16-9(17-6-7)10(21)20-25(22)3-1-23-2-4-25/h5-6,25H,1-4H2,(H,20,21,22). The summed E-state index contributed by atoms with van der Waals surface area (Å²) in [5, 5.41) is 3.19. The normalized spacial score (nSPS) is 18.6. The number of hydrogen-bond donors (Lipinski definition) is 2. The monoisotopic (exact) mass is 379 g/mol. The zero-order valence-corrected chi connectivity index (χ0v) is 13.4. The van der Waals surface area contributed by atoms with Crippen molar-refractivity contribution in [1.82, 2.24) is 20.1 Å². The van der Waals surface area contributed by atoms with Crippen LogP contribution < -0.4 is 0 Å². The van der Waals surface area contributed by atoms with Crippen LogP contribution >= 0.6 is 0 Å². The lowest BCUT2D eigenvalue weighted by Crippen LogP contribution is -2.32. The molecule has 1 fully saturated rings. The van der Waals surface area contributed by atoms with Gasteiger partial charge >= 0.3 is 18.0 Å². The first-order valence-electron chi connectivity index (χ1n) is 6.95. The summed E-state index contributed by atoms with van der Waals surface area (Å²) < 4.78 is 60.6. The Bertz CT molecular complexity index is 826. The van der Waals surface area contributed by atoms with Crippen molar-refractivity contribution in [3.05, 3.63) is 24.1 Å². The molecule has 3 rings (SSSR count). The van der Waals surface area contributed by atoms with Crippen LogP contribution in [0.15, 0.2) is 21.3 Å². The zero-order valence-electron chi connectivity index (χ0n) is 12.5. The summed E-state index contributed by atoms with van der Waals surface area (Å²) in [6.45, 7) is 0.639. The first kappa shape index (κ1) is 17.6. The fraction of sp³-hybridized carbons (Fsp3) is 0.417. The predicted octanol–water partition coefficient (Wildman–Crippen LogP) is 1.26. The van der Waals surface area contributed by atoms with Crippen LogP contribution in [-0.2, 0) is 21.0 Å². The number of carbonyl (C=O) groups excluding carboxylic acids is 1. The summed E-state index contributed by atoms with van der Waals surface area (Å²) in [7, 11) is -2.76. The minimum atomic E-state index is -4.76. The molecule has 136 valence electrons. The molecule has 1 aliphatic heterocycles. The van der Waals surface area contributed by atoms with E-state index in [0.717, 1.165) is 12.4 Å². The molecular formula is C12H12F3N5O4S. The van der Waals surface area contributed by atoms with E-state index in [-0.39, 0.29) is 28.7 Å². The molecule has 0 aromatic carbocycles. The van der Waals surface area contributed by atoms with E-state index in [4.69, 9.17) is 4.74 Å². The molecule has 1 amide bonds. The molecule has 1 N–H and O–H groups in total. The van der Waals surface area contributed by atoms with Crippen LogP contribution in [-0.4, -0.2) is 55.3 Å². The van der Waals surface area contributed by atoms with Crippen molar-refractivity contribution in [3.8, 4) is 11.4 Å². The summed E-state index contributed by atoms with van der Waals surface area (Å²) >= 11 is 0. The second kappa shape index (κ2) is 6.57. The SMILES string of the molecule is O=C(N=[SH]1(O)CCOCC1)c1ncc(-c2noc(C(F)(F)F)n2)cn1. The Balaban J connectivity index is 1.79. The topological polar surface area (TPSA) is 124 Å². The van der Waals surface area contributed by atoms with Crippen molar-refractivity contribution in [3.63, 3.8) is 0 Å². The van der Waals surface area contributed by atoms with Crippen LogP contribution in [0.1, 0.15) is 16.5 Å². The lowest BCUT2D eigenvalue weighted by atomic mass is 10.3. The highest BCUT2D eigenvalue weighted by Crippen LogP contribution is 2.29. The van der Waals surface area contributed by atoms with E-state index < -0.39 is 28.1 Å². The van der Waals surface area contributed by atoms with Gasteiger partial charge in [0.15, 0.2) is 0 Å². The van der Waals surface area contributed by atoms with Crippen molar-refractivity contribution >= 4 is 16.0 Å². The Kier molecular flexibility index (Phi) is 4.62. The van der Waals surface area contributed by atoms with Gasteiger partial charge in [-0.15, -0.1) is 0 Å². The molecule has 0 bridgehead atoms. The average molecular weight is 379 g/mol. The second-order valence-electron chi connectivity index (χ2n) is 5.06. The van der Waals surface area contributed by atoms with E-state index in [1.165, 1.54) is 0 Å². The molecule has 1 aliphatic rings. The van der Waals surface area contributed by atoms with Gasteiger partial charge in [0.1, 0.15) is 0 Å². The number of nitrogens with zero attached hydrogens (tertiary/aromatic N) is 5. The number of rotatable bonds is 2. The molecule has 3 heterocycles. The van der Waals surface area contributed by atoms with Gasteiger partial charge in [-0.25, -0.2) is 9.97 Å². The zero-order chi connectivity index (χ0) is 18.1. The number of amides is 1. The molecule has 0 radical (unpaired) electrons. The van der Waals surface area contributed by atoms with Gasteiger partial charge in [0, 0.05) is 23.9 Å². The third kappa shape index (κ3) is 4.05. The van der Waals surface area contributed by atoms with E-state index in [1.54, 1.807) is 0 Å². The third-order valence-electron chi connectivity index (χ3n) is 3.23. The first-order chi connectivity index (χ1) is 11.8. The van der Waals surface area contributed by atoms with Crippen LogP contribution in [0.25, 0.3) is 11.4 Å². The van der Waals surface area contributed by atoms with Gasteiger partial charge in [-0.2, -0.15) is 22.5 Å². The maximum absolute atomic E-state index is 12.4. The Morgan fingerprint density at radius 1 is 1.24 bits per heavy atom. The minimum absolute atomic E-state index is 0.0374. The van der Waals surface area contributed by atoms with E-state index in [2.05, 4.69) is 29.0 Å². The predicted molar refractivity (Wildman–Crippen MR) is 79.0 cm³/mol. The fourth-order valence-electron chi connectivity index (χ4n) is 1.96. The van der Waals surface area contributed by atoms with Crippen molar-refractivity contribution < 1.29 is 31.8 Å². The molecule has 0 spiro atoms. The quantitative estimate of drug-likeness (QED) is 0.748. The fourth-order valence-corrected chi connectivity index (χ4v) is 3.65. The lowest BCUT2D eigenvalue weighted by molar-refractivity contribution is -0.159. The molecule has 9 nitrogen and oxygen atoms in total.